The highest BCUT2D eigenvalue weighted by atomic mass is 35.5. The minimum Gasteiger partial charge on any atom is -0.490 e. The third-order valence-electron chi connectivity index (χ3n) is 3.75. The molecule has 2 amide bonds. The number of halogens is 1. The number of amides is 2. The van der Waals surface area contributed by atoms with Crippen LogP contribution in [0.4, 0.5) is 4.79 Å². The molecule has 132 valence electrons. The van der Waals surface area contributed by atoms with Crippen LogP contribution in [0.3, 0.4) is 0 Å². The first-order chi connectivity index (χ1) is 12.1. The lowest BCUT2D eigenvalue weighted by atomic mass is 10.2. The largest absolute Gasteiger partial charge is 0.490 e. The van der Waals surface area contributed by atoms with Gasteiger partial charge in [-0.25, -0.2) is 4.79 Å². The Labute approximate surface area is 151 Å². The van der Waals surface area contributed by atoms with Gasteiger partial charge in [0, 0.05) is 13.6 Å². The van der Waals surface area contributed by atoms with Crippen molar-refractivity contribution in [1.29, 1.82) is 0 Å². The Kier molecular flexibility index (Phi) is 5.50. The lowest BCUT2D eigenvalue weighted by Crippen LogP contribution is -2.39. The number of fused-ring (bicyclic) bond motifs is 1. The van der Waals surface area contributed by atoms with E-state index in [4.69, 9.17) is 25.8 Å². The highest BCUT2D eigenvalue weighted by Gasteiger charge is 2.14. The Balaban J connectivity index is 1.42. The molecule has 2 aromatic rings. The van der Waals surface area contributed by atoms with E-state index < -0.39 is 0 Å². The summed E-state index contributed by atoms with van der Waals surface area (Å²) in [5.74, 6) is 2.04. The van der Waals surface area contributed by atoms with Gasteiger partial charge < -0.3 is 24.4 Å². The van der Waals surface area contributed by atoms with Crippen molar-refractivity contribution in [3.05, 3.63) is 53.1 Å². The van der Waals surface area contributed by atoms with Gasteiger partial charge in [-0.3, -0.25) is 0 Å². The van der Waals surface area contributed by atoms with E-state index >= 15 is 0 Å². The number of nitrogens with zero attached hydrogens (tertiary/aromatic N) is 1. The summed E-state index contributed by atoms with van der Waals surface area (Å²) in [4.78, 5) is 13.7. The van der Waals surface area contributed by atoms with Gasteiger partial charge in [0.1, 0.15) is 12.4 Å². The SMILES string of the molecule is CN(CCOc1ccccc1Cl)C(=O)NCc1ccc2c(c1)OCO2. The summed E-state index contributed by atoms with van der Waals surface area (Å²) in [6.07, 6.45) is 0. The van der Waals surface area contributed by atoms with E-state index in [2.05, 4.69) is 5.32 Å². The lowest BCUT2D eigenvalue weighted by Gasteiger charge is -2.18. The molecule has 7 heteroatoms. The first-order valence-electron chi connectivity index (χ1n) is 7.88. The quantitative estimate of drug-likeness (QED) is 0.856. The summed E-state index contributed by atoms with van der Waals surface area (Å²) in [7, 11) is 1.71. The Hall–Kier alpha value is -2.60. The number of para-hydroxylation sites is 1. The van der Waals surface area contributed by atoms with Gasteiger partial charge in [-0.15, -0.1) is 0 Å². The predicted molar refractivity (Wildman–Crippen MR) is 94.4 cm³/mol. The van der Waals surface area contributed by atoms with E-state index in [1.807, 2.05) is 30.3 Å². The number of rotatable bonds is 6. The highest BCUT2D eigenvalue weighted by Crippen LogP contribution is 2.32. The molecule has 0 unspecified atom stereocenters. The Bertz CT molecular complexity index is 754. The topological polar surface area (TPSA) is 60.0 Å². The summed E-state index contributed by atoms with van der Waals surface area (Å²) in [6, 6.07) is 12.7. The maximum absolute atomic E-state index is 12.1. The van der Waals surface area contributed by atoms with Gasteiger partial charge in [0.25, 0.3) is 0 Å². The number of nitrogens with one attached hydrogen (secondary N) is 1. The van der Waals surface area contributed by atoms with Gasteiger partial charge in [-0.05, 0) is 29.8 Å². The average molecular weight is 363 g/mol. The maximum atomic E-state index is 12.1. The van der Waals surface area contributed by atoms with Crippen molar-refractivity contribution >= 4 is 17.6 Å². The van der Waals surface area contributed by atoms with Crippen LogP contribution in [0.5, 0.6) is 17.2 Å². The molecular formula is C18H19ClN2O4. The van der Waals surface area contributed by atoms with E-state index in [0.29, 0.717) is 36.2 Å². The molecule has 1 N–H and O–H groups in total. The van der Waals surface area contributed by atoms with E-state index in [-0.39, 0.29) is 12.8 Å². The molecule has 2 aromatic carbocycles. The highest BCUT2D eigenvalue weighted by molar-refractivity contribution is 6.32. The third-order valence-corrected chi connectivity index (χ3v) is 4.06. The molecule has 0 radical (unpaired) electrons. The maximum Gasteiger partial charge on any atom is 0.317 e. The molecule has 1 aliphatic heterocycles. The standard InChI is InChI=1S/C18H19ClN2O4/c1-21(8-9-23-15-5-3-2-4-14(15)19)18(22)20-11-13-6-7-16-17(10-13)25-12-24-16/h2-7,10H,8-9,11-12H2,1H3,(H,20,22). The first kappa shape index (κ1) is 17.2. The molecule has 0 bridgehead atoms. The Morgan fingerprint density at radius 1 is 1.24 bits per heavy atom. The molecule has 25 heavy (non-hydrogen) atoms. The second kappa shape index (κ2) is 7.98. The van der Waals surface area contributed by atoms with Crippen molar-refractivity contribution in [2.24, 2.45) is 0 Å². The van der Waals surface area contributed by atoms with E-state index in [1.165, 1.54) is 0 Å². The Morgan fingerprint density at radius 3 is 2.88 bits per heavy atom. The molecule has 1 aliphatic rings. The Morgan fingerprint density at radius 2 is 2.04 bits per heavy atom. The molecule has 0 saturated carbocycles. The van der Waals surface area contributed by atoms with Gasteiger partial charge in [0.2, 0.25) is 6.79 Å². The molecule has 0 saturated heterocycles. The zero-order valence-electron chi connectivity index (χ0n) is 13.8. The fourth-order valence-electron chi connectivity index (χ4n) is 2.32. The normalized spacial score (nSPS) is 11.9. The van der Waals surface area contributed by atoms with Crippen molar-refractivity contribution < 1.29 is 19.0 Å². The van der Waals surface area contributed by atoms with Crippen molar-refractivity contribution in [3.63, 3.8) is 0 Å². The molecule has 0 spiro atoms. The molecule has 0 aromatic heterocycles. The number of carbonyl (C=O) groups is 1. The number of benzene rings is 2. The van der Waals surface area contributed by atoms with Gasteiger partial charge in [0.05, 0.1) is 11.6 Å². The van der Waals surface area contributed by atoms with Gasteiger partial charge in [0.15, 0.2) is 11.5 Å². The minimum atomic E-state index is -0.180. The van der Waals surface area contributed by atoms with Crippen LogP contribution in [0, 0.1) is 0 Å². The monoisotopic (exact) mass is 362 g/mol. The van der Waals surface area contributed by atoms with Crippen LogP contribution in [0.15, 0.2) is 42.5 Å². The zero-order chi connectivity index (χ0) is 17.6. The molecule has 6 nitrogen and oxygen atoms in total. The van der Waals surface area contributed by atoms with Crippen LogP contribution in [-0.2, 0) is 6.54 Å². The third kappa shape index (κ3) is 4.48. The number of hydrogen-bond acceptors (Lipinski definition) is 4. The van der Waals surface area contributed by atoms with Crippen LogP contribution < -0.4 is 19.5 Å². The molecule has 1 heterocycles. The molecule has 0 fully saturated rings. The van der Waals surface area contributed by atoms with Gasteiger partial charge in [-0.2, -0.15) is 0 Å². The number of hydrogen-bond donors (Lipinski definition) is 1. The van der Waals surface area contributed by atoms with E-state index in [1.54, 1.807) is 24.1 Å². The van der Waals surface area contributed by atoms with Crippen LogP contribution in [-0.4, -0.2) is 37.9 Å². The van der Waals surface area contributed by atoms with E-state index in [0.717, 1.165) is 11.3 Å². The summed E-state index contributed by atoms with van der Waals surface area (Å²) < 4.78 is 16.2. The molecular weight excluding hydrogens is 344 g/mol. The van der Waals surface area contributed by atoms with Crippen LogP contribution in [0.1, 0.15) is 5.56 Å². The summed E-state index contributed by atoms with van der Waals surface area (Å²) in [6.45, 7) is 1.44. The number of likely N-dealkylation sites (N-methyl/N-ethyl adjacent to an activating group) is 1. The van der Waals surface area contributed by atoms with E-state index in [9.17, 15) is 4.79 Å². The van der Waals surface area contributed by atoms with Gasteiger partial charge >= 0.3 is 6.03 Å². The van der Waals surface area contributed by atoms with Gasteiger partial charge in [-0.1, -0.05) is 29.8 Å². The van der Waals surface area contributed by atoms with Crippen LogP contribution in [0.2, 0.25) is 5.02 Å². The number of ether oxygens (including phenoxy) is 3. The summed E-state index contributed by atoms with van der Waals surface area (Å²) in [5.41, 5.74) is 0.943. The summed E-state index contributed by atoms with van der Waals surface area (Å²) >= 11 is 6.02. The van der Waals surface area contributed by atoms with Crippen LogP contribution >= 0.6 is 11.6 Å². The van der Waals surface area contributed by atoms with Crippen molar-refractivity contribution in [2.75, 3.05) is 27.0 Å². The minimum absolute atomic E-state index is 0.180. The zero-order valence-corrected chi connectivity index (χ0v) is 14.6. The van der Waals surface area contributed by atoms with Crippen molar-refractivity contribution in [1.82, 2.24) is 10.2 Å². The summed E-state index contributed by atoms with van der Waals surface area (Å²) in [5, 5.41) is 3.41. The number of carbonyl (C=O) groups excluding carboxylic acids is 1. The van der Waals surface area contributed by atoms with Crippen molar-refractivity contribution in [2.45, 2.75) is 6.54 Å². The molecule has 0 atom stereocenters. The fourth-order valence-corrected chi connectivity index (χ4v) is 2.51. The fraction of sp³-hybridized carbons (Fsp3) is 0.278. The smallest absolute Gasteiger partial charge is 0.317 e. The molecule has 3 rings (SSSR count). The first-order valence-corrected chi connectivity index (χ1v) is 8.26. The predicted octanol–water partition coefficient (Wildman–Crippen LogP) is 3.29. The van der Waals surface area contributed by atoms with Crippen LogP contribution in [0.25, 0.3) is 0 Å². The lowest BCUT2D eigenvalue weighted by molar-refractivity contribution is 0.174. The average Bonchev–Trinajstić information content (AvgIpc) is 3.09. The second-order valence-corrected chi connectivity index (χ2v) is 5.95. The molecule has 0 aliphatic carbocycles. The van der Waals surface area contributed by atoms with Crippen molar-refractivity contribution in [3.8, 4) is 17.2 Å². The number of urea groups is 1. The second-order valence-electron chi connectivity index (χ2n) is 5.55.